The molecule has 0 saturated heterocycles. The SMILES string of the molecule is Nc1c(F)cc(C(=O)NCc2csc(=O)[nH]2)cc1F. The van der Waals surface area contributed by atoms with Crippen LogP contribution < -0.4 is 15.9 Å². The second-order valence-electron chi connectivity index (χ2n) is 3.71. The fraction of sp³-hybridized carbons (Fsp3) is 0.0909. The lowest BCUT2D eigenvalue weighted by atomic mass is 10.1. The molecule has 1 amide bonds. The van der Waals surface area contributed by atoms with Gasteiger partial charge < -0.3 is 16.0 Å². The van der Waals surface area contributed by atoms with Crippen molar-refractivity contribution in [2.45, 2.75) is 6.54 Å². The van der Waals surface area contributed by atoms with E-state index in [0.29, 0.717) is 5.69 Å². The summed E-state index contributed by atoms with van der Waals surface area (Å²) >= 11 is 0.960. The van der Waals surface area contributed by atoms with E-state index in [-0.39, 0.29) is 17.0 Å². The predicted octanol–water partition coefficient (Wildman–Crippen LogP) is 1.23. The van der Waals surface area contributed by atoms with E-state index in [1.165, 1.54) is 0 Å². The van der Waals surface area contributed by atoms with Gasteiger partial charge in [-0.3, -0.25) is 9.59 Å². The molecule has 0 aliphatic rings. The number of aromatic amines is 1. The number of carbonyl (C=O) groups is 1. The summed E-state index contributed by atoms with van der Waals surface area (Å²) < 4.78 is 26.4. The third-order valence-electron chi connectivity index (χ3n) is 2.35. The van der Waals surface area contributed by atoms with Crippen molar-refractivity contribution in [1.29, 1.82) is 0 Å². The van der Waals surface area contributed by atoms with Crippen LogP contribution in [0.25, 0.3) is 0 Å². The Hall–Kier alpha value is -2.22. The number of benzene rings is 1. The van der Waals surface area contributed by atoms with Crippen LogP contribution >= 0.6 is 11.3 Å². The lowest BCUT2D eigenvalue weighted by Gasteiger charge is -2.05. The van der Waals surface area contributed by atoms with E-state index >= 15 is 0 Å². The van der Waals surface area contributed by atoms with E-state index in [0.717, 1.165) is 23.5 Å². The van der Waals surface area contributed by atoms with Gasteiger partial charge in [0.2, 0.25) is 0 Å². The van der Waals surface area contributed by atoms with E-state index in [1.54, 1.807) is 5.38 Å². The van der Waals surface area contributed by atoms with Gasteiger partial charge in [0.05, 0.1) is 6.54 Å². The van der Waals surface area contributed by atoms with Crippen molar-refractivity contribution in [3.05, 3.63) is 50.1 Å². The molecule has 0 radical (unpaired) electrons. The van der Waals surface area contributed by atoms with Crippen LogP contribution in [-0.4, -0.2) is 10.9 Å². The lowest BCUT2D eigenvalue weighted by Crippen LogP contribution is -2.23. The number of hydrogen-bond acceptors (Lipinski definition) is 4. The Balaban J connectivity index is 2.10. The monoisotopic (exact) mass is 285 g/mol. The lowest BCUT2D eigenvalue weighted by molar-refractivity contribution is 0.0949. The largest absolute Gasteiger partial charge is 0.394 e. The van der Waals surface area contributed by atoms with Gasteiger partial charge in [-0.05, 0) is 12.1 Å². The summed E-state index contributed by atoms with van der Waals surface area (Å²) in [6.07, 6.45) is 0. The Morgan fingerprint density at radius 2 is 2.00 bits per heavy atom. The van der Waals surface area contributed by atoms with E-state index < -0.39 is 23.2 Å². The maximum absolute atomic E-state index is 13.2. The summed E-state index contributed by atoms with van der Waals surface area (Å²) in [6.45, 7) is 0.0607. The highest BCUT2D eigenvalue weighted by molar-refractivity contribution is 7.07. The van der Waals surface area contributed by atoms with Gasteiger partial charge in [-0.2, -0.15) is 0 Å². The summed E-state index contributed by atoms with van der Waals surface area (Å²) in [7, 11) is 0. The molecule has 0 spiro atoms. The molecule has 2 aromatic rings. The van der Waals surface area contributed by atoms with Crippen molar-refractivity contribution in [2.75, 3.05) is 5.73 Å². The molecule has 19 heavy (non-hydrogen) atoms. The first kappa shape index (κ1) is 13.2. The summed E-state index contributed by atoms with van der Waals surface area (Å²) in [6, 6.07) is 1.70. The van der Waals surface area contributed by atoms with Crippen LogP contribution in [-0.2, 0) is 6.54 Å². The van der Waals surface area contributed by atoms with Gasteiger partial charge >= 0.3 is 4.87 Å². The Morgan fingerprint density at radius 1 is 1.37 bits per heavy atom. The van der Waals surface area contributed by atoms with Gasteiger partial charge in [-0.15, -0.1) is 0 Å². The zero-order chi connectivity index (χ0) is 14.0. The Labute approximate surface area is 110 Å². The van der Waals surface area contributed by atoms with Crippen molar-refractivity contribution in [3.8, 4) is 0 Å². The molecule has 0 atom stereocenters. The average Bonchev–Trinajstić information content (AvgIpc) is 2.78. The highest BCUT2D eigenvalue weighted by Gasteiger charge is 2.13. The van der Waals surface area contributed by atoms with Crippen LogP contribution in [0.5, 0.6) is 0 Å². The van der Waals surface area contributed by atoms with Crippen molar-refractivity contribution >= 4 is 22.9 Å². The molecule has 8 heteroatoms. The Kier molecular flexibility index (Phi) is 3.61. The number of nitrogen functional groups attached to an aromatic ring is 1. The molecule has 5 nitrogen and oxygen atoms in total. The molecular formula is C11H9F2N3O2S. The van der Waals surface area contributed by atoms with Gasteiger partial charge in [0.25, 0.3) is 5.91 Å². The molecule has 0 bridgehead atoms. The van der Waals surface area contributed by atoms with E-state index in [4.69, 9.17) is 5.73 Å². The molecule has 0 saturated carbocycles. The third-order valence-corrected chi connectivity index (χ3v) is 3.07. The van der Waals surface area contributed by atoms with Gasteiger partial charge in [0.15, 0.2) is 0 Å². The fourth-order valence-corrected chi connectivity index (χ4v) is 1.98. The first-order valence-corrected chi connectivity index (χ1v) is 6.04. The molecule has 0 aliphatic carbocycles. The van der Waals surface area contributed by atoms with Gasteiger partial charge in [0, 0.05) is 16.6 Å². The molecule has 100 valence electrons. The van der Waals surface area contributed by atoms with Crippen LogP contribution in [0.4, 0.5) is 14.5 Å². The molecule has 0 fully saturated rings. The first-order valence-electron chi connectivity index (χ1n) is 5.17. The third kappa shape index (κ3) is 2.97. The van der Waals surface area contributed by atoms with E-state index in [2.05, 4.69) is 10.3 Å². The van der Waals surface area contributed by atoms with Crippen molar-refractivity contribution in [1.82, 2.24) is 10.3 Å². The first-order chi connectivity index (χ1) is 8.97. The van der Waals surface area contributed by atoms with Crippen molar-refractivity contribution in [3.63, 3.8) is 0 Å². The van der Waals surface area contributed by atoms with Crippen LogP contribution in [0.2, 0.25) is 0 Å². The topological polar surface area (TPSA) is 88.0 Å². The summed E-state index contributed by atoms with van der Waals surface area (Å²) in [4.78, 5) is 24.8. The van der Waals surface area contributed by atoms with Gasteiger partial charge in [-0.1, -0.05) is 11.3 Å². The number of H-pyrrole nitrogens is 1. The molecular weight excluding hydrogens is 276 g/mol. The van der Waals surface area contributed by atoms with Crippen molar-refractivity contribution < 1.29 is 13.6 Å². The molecule has 1 aromatic heterocycles. The number of anilines is 1. The number of amides is 1. The Bertz CT molecular complexity index is 658. The van der Waals surface area contributed by atoms with Gasteiger partial charge in [0.1, 0.15) is 17.3 Å². The molecule has 0 unspecified atom stereocenters. The highest BCUT2D eigenvalue weighted by atomic mass is 32.1. The highest BCUT2D eigenvalue weighted by Crippen LogP contribution is 2.17. The zero-order valence-electron chi connectivity index (χ0n) is 9.50. The average molecular weight is 285 g/mol. The number of carbonyl (C=O) groups excluding carboxylic acids is 1. The van der Waals surface area contributed by atoms with Crippen LogP contribution in [0.1, 0.15) is 16.1 Å². The molecule has 1 heterocycles. The number of nitrogens with two attached hydrogens (primary N) is 1. The quantitative estimate of drug-likeness (QED) is 0.741. The standard InChI is InChI=1S/C11H9F2N3O2S/c12-7-1-5(2-8(13)9(7)14)10(17)15-3-6-4-19-11(18)16-6/h1-2,4H,3,14H2,(H,15,17)(H,16,18). The summed E-state index contributed by atoms with van der Waals surface area (Å²) in [5.74, 6) is -2.65. The number of nitrogens with one attached hydrogen (secondary N) is 2. The minimum absolute atomic E-state index is 0.0607. The zero-order valence-corrected chi connectivity index (χ0v) is 10.3. The predicted molar refractivity (Wildman–Crippen MR) is 66.9 cm³/mol. The maximum Gasteiger partial charge on any atom is 0.304 e. The van der Waals surface area contributed by atoms with Crippen LogP contribution in [0.15, 0.2) is 22.3 Å². The van der Waals surface area contributed by atoms with Gasteiger partial charge in [-0.25, -0.2) is 8.78 Å². The Morgan fingerprint density at radius 3 is 2.53 bits per heavy atom. The smallest absolute Gasteiger partial charge is 0.304 e. The normalized spacial score (nSPS) is 10.4. The molecule has 1 aromatic carbocycles. The summed E-state index contributed by atoms with van der Waals surface area (Å²) in [5.41, 5.74) is 4.81. The second kappa shape index (κ2) is 5.19. The number of aromatic nitrogens is 1. The minimum Gasteiger partial charge on any atom is -0.394 e. The van der Waals surface area contributed by atoms with E-state index in [9.17, 15) is 18.4 Å². The molecule has 2 rings (SSSR count). The molecule has 4 N–H and O–H groups in total. The summed E-state index contributed by atoms with van der Waals surface area (Å²) in [5, 5.41) is 3.97. The minimum atomic E-state index is -0.992. The second-order valence-corrected chi connectivity index (χ2v) is 4.55. The number of halogens is 2. The maximum atomic E-state index is 13.2. The number of hydrogen-bond donors (Lipinski definition) is 3. The van der Waals surface area contributed by atoms with Crippen molar-refractivity contribution in [2.24, 2.45) is 0 Å². The molecule has 0 aliphatic heterocycles. The van der Waals surface area contributed by atoms with Crippen LogP contribution in [0, 0.1) is 11.6 Å². The van der Waals surface area contributed by atoms with Crippen LogP contribution in [0.3, 0.4) is 0 Å². The van der Waals surface area contributed by atoms with E-state index in [1.807, 2.05) is 0 Å². The fourth-order valence-electron chi connectivity index (χ4n) is 1.39. The number of rotatable bonds is 3. The number of thiazole rings is 1.